The zero-order chi connectivity index (χ0) is 46.2. The number of nitrogens with one attached hydrogen (secondary N) is 2. The fourth-order valence-electron chi connectivity index (χ4n) is 7.70. The second-order valence-electron chi connectivity index (χ2n) is 17.1. The van der Waals surface area contributed by atoms with Crippen LogP contribution in [0.25, 0.3) is 0 Å². The Bertz CT molecular complexity index is 1360. The van der Waals surface area contributed by atoms with Gasteiger partial charge in [-0.05, 0) is 19.3 Å². The van der Waals surface area contributed by atoms with Gasteiger partial charge in [0.1, 0.15) is 42.2 Å². The topological polar surface area (TPSA) is 272 Å². The van der Waals surface area contributed by atoms with E-state index >= 15 is 0 Å². The SMILES string of the molecule is CCCCCCCCCCCCC(CCCCCCCCCCCC)C(=O)N[C@@H](COCc1cn(CCO[C@@H]2OC(CO)[C@@H](O)C(O)C2O)nn1)C(=O)N[C@H](CCC(=O)O)C(=O)O. The highest BCUT2D eigenvalue weighted by Gasteiger charge is 2.44. The van der Waals surface area contributed by atoms with Crippen LogP contribution < -0.4 is 10.6 Å². The van der Waals surface area contributed by atoms with Crippen LogP contribution in [-0.4, -0.2) is 132 Å². The van der Waals surface area contributed by atoms with Crippen LogP contribution in [0.1, 0.15) is 174 Å². The van der Waals surface area contributed by atoms with E-state index in [1.807, 2.05) is 0 Å². The molecule has 1 saturated heterocycles. The second kappa shape index (κ2) is 34.1. The molecule has 2 heterocycles. The van der Waals surface area contributed by atoms with Gasteiger partial charge in [0.25, 0.3) is 0 Å². The first kappa shape index (κ1) is 55.9. The fourth-order valence-corrected chi connectivity index (χ4v) is 7.70. The fraction of sp³-hybridized carbons (Fsp3) is 0.867. The first-order valence-corrected chi connectivity index (χ1v) is 23.9. The molecule has 0 saturated carbocycles. The summed E-state index contributed by atoms with van der Waals surface area (Å²) in [4.78, 5) is 50.8. The molecule has 1 aromatic heterocycles. The first-order chi connectivity index (χ1) is 30.4. The van der Waals surface area contributed by atoms with Gasteiger partial charge in [0, 0.05) is 12.3 Å². The third-order valence-electron chi connectivity index (χ3n) is 11.6. The quantitative estimate of drug-likeness (QED) is 0.0414. The molecular weight excluding hydrogens is 819 g/mol. The number of carbonyl (C=O) groups excluding carboxylic acids is 2. The number of aliphatic hydroxyl groups is 4. The van der Waals surface area contributed by atoms with Gasteiger partial charge in [-0.1, -0.05) is 147 Å². The van der Waals surface area contributed by atoms with Gasteiger partial charge in [0.2, 0.25) is 11.8 Å². The zero-order valence-electron chi connectivity index (χ0n) is 38.1. The number of aromatic nitrogens is 3. The van der Waals surface area contributed by atoms with Gasteiger partial charge < -0.3 is 55.5 Å². The molecule has 0 aliphatic carbocycles. The Kier molecular flexibility index (Phi) is 30.3. The lowest BCUT2D eigenvalue weighted by molar-refractivity contribution is -0.301. The summed E-state index contributed by atoms with van der Waals surface area (Å²) in [7, 11) is 0. The Morgan fingerprint density at radius 2 is 1.24 bits per heavy atom. The van der Waals surface area contributed by atoms with Crippen LogP contribution in [0.2, 0.25) is 0 Å². The number of rotatable bonds is 39. The van der Waals surface area contributed by atoms with Crippen molar-refractivity contribution >= 4 is 23.8 Å². The second-order valence-corrected chi connectivity index (χ2v) is 17.1. The summed E-state index contributed by atoms with van der Waals surface area (Å²) in [5.41, 5.74) is 0.359. The molecule has 18 heteroatoms. The van der Waals surface area contributed by atoms with Crippen molar-refractivity contribution in [3.8, 4) is 0 Å². The highest BCUT2D eigenvalue weighted by molar-refractivity contribution is 5.91. The summed E-state index contributed by atoms with van der Waals surface area (Å²) in [5, 5.41) is 71.8. The maximum absolute atomic E-state index is 14.0. The molecule has 2 amide bonds. The highest BCUT2D eigenvalue weighted by Crippen LogP contribution is 2.23. The molecule has 1 aromatic rings. The zero-order valence-corrected chi connectivity index (χ0v) is 38.1. The van der Waals surface area contributed by atoms with Gasteiger partial charge >= 0.3 is 11.9 Å². The monoisotopic (exact) mass is 900 g/mol. The molecule has 8 N–H and O–H groups in total. The van der Waals surface area contributed by atoms with E-state index in [1.165, 1.54) is 81.7 Å². The number of nitrogens with zero attached hydrogens (tertiary/aromatic N) is 3. The van der Waals surface area contributed by atoms with Gasteiger partial charge in [-0.25, -0.2) is 9.48 Å². The Morgan fingerprint density at radius 1 is 0.714 bits per heavy atom. The minimum absolute atomic E-state index is 0.0489. The molecule has 1 aliphatic heterocycles. The number of carbonyl (C=O) groups is 4. The number of aliphatic hydroxyl groups excluding tert-OH is 4. The van der Waals surface area contributed by atoms with Crippen LogP contribution in [0, 0.1) is 5.92 Å². The maximum atomic E-state index is 14.0. The summed E-state index contributed by atoms with van der Waals surface area (Å²) < 4.78 is 18.1. The average Bonchev–Trinajstić information content (AvgIpc) is 3.72. The van der Waals surface area contributed by atoms with E-state index < -0.39 is 73.7 Å². The number of amides is 2. The van der Waals surface area contributed by atoms with Crippen molar-refractivity contribution in [1.29, 1.82) is 0 Å². The molecular formula is C45H81N5O13. The van der Waals surface area contributed by atoms with E-state index in [0.717, 1.165) is 51.4 Å². The molecule has 0 bridgehead atoms. The predicted molar refractivity (Wildman–Crippen MR) is 234 cm³/mol. The first-order valence-electron chi connectivity index (χ1n) is 23.9. The summed E-state index contributed by atoms with van der Waals surface area (Å²) in [6.45, 7) is 3.46. The molecule has 7 atom stereocenters. The largest absolute Gasteiger partial charge is 0.481 e. The van der Waals surface area contributed by atoms with E-state index in [2.05, 4.69) is 34.8 Å². The molecule has 2 rings (SSSR count). The number of hydrogen-bond donors (Lipinski definition) is 8. The van der Waals surface area contributed by atoms with Crippen LogP contribution in [0.15, 0.2) is 6.20 Å². The van der Waals surface area contributed by atoms with Gasteiger partial charge in [0.05, 0.1) is 39.2 Å². The molecule has 0 radical (unpaired) electrons. The third-order valence-corrected chi connectivity index (χ3v) is 11.6. The lowest BCUT2D eigenvalue weighted by atomic mass is 9.93. The van der Waals surface area contributed by atoms with Crippen LogP contribution in [0.5, 0.6) is 0 Å². The van der Waals surface area contributed by atoms with E-state index in [9.17, 15) is 44.7 Å². The Balaban J connectivity index is 2.05. The van der Waals surface area contributed by atoms with E-state index in [0.29, 0.717) is 18.5 Å². The number of ether oxygens (including phenoxy) is 3. The third kappa shape index (κ3) is 24.0. The Hall–Kier alpha value is -3.26. The van der Waals surface area contributed by atoms with Crippen molar-refractivity contribution in [3.05, 3.63) is 11.9 Å². The number of hydrogen-bond acceptors (Lipinski definition) is 13. The van der Waals surface area contributed by atoms with Crippen molar-refractivity contribution in [2.24, 2.45) is 5.92 Å². The number of carboxylic acids is 2. The molecule has 63 heavy (non-hydrogen) atoms. The van der Waals surface area contributed by atoms with Gasteiger partial charge in [-0.3, -0.25) is 14.4 Å². The average molecular weight is 900 g/mol. The van der Waals surface area contributed by atoms with Crippen molar-refractivity contribution in [2.45, 2.75) is 224 Å². The molecule has 1 fully saturated rings. The smallest absolute Gasteiger partial charge is 0.326 e. The van der Waals surface area contributed by atoms with Crippen LogP contribution in [0.4, 0.5) is 0 Å². The predicted octanol–water partition coefficient (Wildman–Crippen LogP) is 4.77. The molecule has 0 spiro atoms. The van der Waals surface area contributed by atoms with E-state index in [1.54, 1.807) is 6.20 Å². The molecule has 18 nitrogen and oxygen atoms in total. The van der Waals surface area contributed by atoms with E-state index in [4.69, 9.17) is 19.3 Å². The molecule has 1 aliphatic rings. The molecule has 0 aromatic carbocycles. The van der Waals surface area contributed by atoms with Gasteiger partial charge in [-0.15, -0.1) is 5.10 Å². The van der Waals surface area contributed by atoms with Crippen molar-refractivity contribution < 1.29 is 64.0 Å². The normalized spacial score (nSPS) is 19.8. The van der Waals surface area contributed by atoms with Crippen LogP contribution in [-0.2, 0) is 46.5 Å². The minimum Gasteiger partial charge on any atom is -0.481 e. The van der Waals surface area contributed by atoms with E-state index in [-0.39, 0.29) is 44.6 Å². The lowest BCUT2D eigenvalue weighted by Gasteiger charge is -2.39. The van der Waals surface area contributed by atoms with Gasteiger partial charge in [-0.2, -0.15) is 0 Å². The highest BCUT2D eigenvalue weighted by atomic mass is 16.7. The van der Waals surface area contributed by atoms with Crippen molar-refractivity contribution in [3.63, 3.8) is 0 Å². The standard InChI is InChI=1S/C45H81N5O13/c1-3-5-7-9-11-13-15-17-19-21-23-33(24-22-20-18-16-14-12-10-8-6-4-2)42(57)47-36(43(58)46-35(44(59)60)25-26-38(52)53)32-61-31-34-29-50(49-48-34)27-28-62-45-41(56)40(55)39(54)37(30-51)63-45/h29,33,35-37,39-41,45,51,54-56H,3-28,30-32H2,1-2H3,(H,46,58)(H,47,57)(H,52,53)(H,59,60)/t35-,36+,37?,39-,40?,41?,45-/m1/s1. The van der Waals surface area contributed by atoms with Crippen molar-refractivity contribution in [1.82, 2.24) is 25.6 Å². The Morgan fingerprint density at radius 3 is 1.75 bits per heavy atom. The van der Waals surface area contributed by atoms with Crippen LogP contribution >= 0.6 is 0 Å². The summed E-state index contributed by atoms with van der Waals surface area (Å²) in [5.74, 6) is -4.09. The maximum Gasteiger partial charge on any atom is 0.326 e. The lowest BCUT2D eigenvalue weighted by Crippen LogP contribution is -2.59. The Labute approximate surface area is 374 Å². The summed E-state index contributed by atoms with van der Waals surface area (Å²) in [6, 6.07) is -2.78. The number of carboxylic acid groups (broad SMARTS) is 2. The number of aliphatic carboxylic acids is 2. The van der Waals surface area contributed by atoms with Crippen molar-refractivity contribution in [2.75, 3.05) is 19.8 Å². The molecule has 364 valence electrons. The minimum atomic E-state index is -1.58. The van der Waals surface area contributed by atoms with Gasteiger partial charge in [0.15, 0.2) is 6.29 Å². The number of unbranched alkanes of at least 4 members (excludes halogenated alkanes) is 18. The summed E-state index contributed by atoms with van der Waals surface area (Å²) in [6.07, 6.45) is 18.3. The summed E-state index contributed by atoms with van der Waals surface area (Å²) >= 11 is 0. The van der Waals surface area contributed by atoms with Crippen LogP contribution in [0.3, 0.4) is 0 Å². The molecule has 3 unspecified atom stereocenters.